The highest BCUT2D eigenvalue weighted by molar-refractivity contribution is 5.87. The van der Waals surface area contributed by atoms with Crippen LogP contribution in [0.3, 0.4) is 0 Å². The summed E-state index contributed by atoms with van der Waals surface area (Å²) in [6.45, 7) is 19.9. The van der Waals surface area contributed by atoms with Gasteiger partial charge >= 0.3 is 11.9 Å². The van der Waals surface area contributed by atoms with Gasteiger partial charge in [0.1, 0.15) is 12.7 Å². The Morgan fingerprint density at radius 1 is 1.00 bits per heavy atom. The van der Waals surface area contributed by atoms with E-state index in [1.165, 1.54) is 0 Å². The summed E-state index contributed by atoms with van der Waals surface area (Å²) in [5.41, 5.74) is 0.452. The highest BCUT2D eigenvalue weighted by atomic mass is 16.5. The maximum Gasteiger partial charge on any atom is 0.333 e. The van der Waals surface area contributed by atoms with E-state index in [0.717, 1.165) is 12.8 Å². The molecule has 5 heteroatoms. The van der Waals surface area contributed by atoms with Gasteiger partial charge in [-0.05, 0) is 41.5 Å². The Bertz CT molecular complexity index is 515. The molecule has 0 saturated carbocycles. The second kappa shape index (κ2) is 7.51. The van der Waals surface area contributed by atoms with Gasteiger partial charge in [-0.15, -0.1) is 0 Å². The number of hydrogen-bond donors (Lipinski definition) is 0. The number of carbonyl (C=O) groups excluding carboxylic acids is 2. The monoisotopic (exact) mass is 337 g/mol. The normalized spacial score (nSPS) is 20.2. The van der Waals surface area contributed by atoms with Gasteiger partial charge in [-0.3, -0.25) is 4.90 Å². The number of rotatable bonds is 6. The molecule has 1 aliphatic heterocycles. The molecule has 5 nitrogen and oxygen atoms in total. The highest BCUT2D eigenvalue weighted by Gasteiger charge is 2.46. The number of nitrogens with zero attached hydrogens (tertiary/aromatic N) is 1. The summed E-state index contributed by atoms with van der Waals surface area (Å²) in [7, 11) is 0. The molecule has 1 saturated heterocycles. The van der Waals surface area contributed by atoms with Crippen molar-refractivity contribution in [3.8, 4) is 0 Å². The first kappa shape index (κ1) is 20.4. The van der Waals surface area contributed by atoms with E-state index in [-0.39, 0.29) is 29.1 Å². The van der Waals surface area contributed by atoms with Gasteiger partial charge in [0.05, 0.1) is 0 Å². The molecule has 0 aliphatic carbocycles. The van der Waals surface area contributed by atoms with Crippen molar-refractivity contribution in [3.63, 3.8) is 0 Å². The summed E-state index contributed by atoms with van der Waals surface area (Å²) in [6.07, 6.45) is 1.31. The fourth-order valence-corrected chi connectivity index (χ4v) is 3.52. The SMILES string of the molecule is C=C(C)C(=O)OCCN1C(C)(C)CC(OC(=O)C(=C)C)CC1(C)C. The van der Waals surface area contributed by atoms with Crippen molar-refractivity contribution in [1.29, 1.82) is 0 Å². The molecule has 0 atom stereocenters. The van der Waals surface area contributed by atoms with Gasteiger partial charge in [0.25, 0.3) is 0 Å². The Kier molecular flexibility index (Phi) is 6.39. The van der Waals surface area contributed by atoms with E-state index in [2.05, 4.69) is 45.8 Å². The van der Waals surface area contributed by atoms with E-state index < -0.39 is 0 Å². The first-order chi connectivity index (χ1) is 10.9. The van der Waals surface area contributed by atoms with Crippen molar-refractivity contribution >= 4 is 11.9 Å². The lowest BCUT2D eigenvalue weighted by molar-refractivity contribution is -0.158. The minimum Gasteiger partial charge on any atom is -0.461 e. The zero-order valence-corrected chi connectivity index (χ0v) is 15.9. The van der Waals surface area contributed by atoms with Crippen LogP contribution in [0.4, 0.5) is 0 Å². The topological polar surface area (TPSA) is 55.8 Å². The molecule has 0 aromatic carbocycles. The zero-order valence-electron chi connectivity index (χ0n) is 15.9. The summed E-state index contributed by atoms with van der Waals surface area (Å²) < 4.78 is 10.8. The molecule has 1 heterocycles. The predicted molar refractivity (Wildman–Crippen MR) is 94.6 cm³/mol. The van der Waals surface area contributed by atoms with Gasteiger partial charge in [-0.25, -0.2) is 9.59 Å². The summed E-state index contributed by atoms with van der Waals surface area (Å²) in [4.78, 5) is 25.7. The van der Waals surface area contributed by atoms with Crippen molar-refractivity contribution in [3.05, 3.63) is 24.3 Å². The lowest BCUT2D eigenvalue weighted by atomic mass is 9.78. The average molecular weight is 337 g/mol. The maximum absolute atomic E-state index is 11.8. The van der Waals surface area contributed by atoms with E-state index in [1.807, 2.05) is 0 Å². The molecule has 1 aliphatic rings. The van der Waals surface area contributed by atoms with Crippen LogP contribution in [0.2, 0.25) is 0 Å². The smallest absolute Gasteiger partial charge is 0.333 e. The molecular formula is C19H31NO4. The third-order valence-electron chi connectivity index (χ3n) is 4.43. The second-order valence-electron chi connectivity index (χ2n) is 7.91. The van der Waals surface area contributed by atoms with Crippen LogP contribution in [-0.2, 0) is 19.1 Å². The van der Waals surface area contributed by atoms with Crippen LogP contribution in [0.5, 0.6) is 0 Å². The fraction of sp³-hybridized carbons (Fsp3) is 0.684. The molecule has 0 unspecified atom stereocenters. The molecule has 136 valence electrons. The molecule has 24 heavy (non-hydrogen) atoms. The largest absolute Gasteiger partial charge is 0.461 e. The first-order valence-corrected chi connectivity index (χ1v) is 8.34. The summed E-state index contributed by atoms with van der Waals surface area (Å²) in [6, 6.07) is 0. The lowest BCUT2D eigenvalue weighted by Gasteiger charge is -2.54. The standard InChI is InChI=1S/C19H31NO4/c1-13(2)16(21)23-10-9-20-18(5,6)11-15(12-19(20,7)8)24-17(22)14(3)4/h15H,1,3,9-12H2,2,4-8H3. The molecule has 0 radical (unpaired) electrons. The van der Waals surface area contributed by atoms with E-state index in [4.69, 9.17) is 9.47 Å². The van der Waals surface area contributed by atoms with Crippen LogP contribution < -0.4 is 0 Å². The van der Waals surface area contributed by atoms with Gasteiger partial charge in [0, 0.05) is 41.6 Å². The average Bonchev–Trinajstić information content (AvgIpc) is 2.39. The number of hydrogen-bond acceptors (Lipinski definition) is 5. The van der Waals surface area contributed by atoms with Crippen LogP contribution in [0.1, 0.15) is 54.4 Å². The van der Waals surface area contributed by atoms with Crippen molar-refractivity contribution in [2.45, 2.75) is 71.6 Å². The van der Waals surface area contributed by atoms with Gasteiger partial charge < -0.3 is 9.47 Å². The quantitative estimate of drug-likeness (QED) is 0.550. The Morgan fingerprint density at radius 3 is 1.88 bits per heavy atom. The van der Waals surface area contributed by atoms with Gasteiger partial charge in [0.15, 0.2) is 0 Å². The van der Waals surface area contributed by atoms with E-state index in [1.54, 1.807) is 13.8 Å². The van der Waals surface area contributed by atoms with Crippen molar-refractivity contribution < 1.29 is 19.1 Å². The molecule has 1 fully saturated rings. The number of carbonyl (C=O) groups is 2. The molecule has 0 aromatic rings. The second-order valence-corrected chi connectivity index (χ2v) is 7.91. The zero-order chi connectivity index (χ0) is 18.7. The molecule has 0 aromatic heterocycles. The number of likely N-dealkylation sites (tertiary alicyclic amines) is 1. The molecule has 0 N–H and O–H groups in total. The Hall–Kier alpha value is -1.62. The number of ether oxygens (including phenoxy) is 2. The Labute approximate surface area is 145 Å². The van der Waals surface area contributed by atoms with E-state index in [9.17, 15) is 9.59 Å². The van der Waals surface area contributed by atoms with Crippen LogP contribution in [-0.4, -0.2) is 47.2 Å². The van der Waals surface area contributed by atoms with Crippen molar-refractivity contribution in [2.24, 2.45) is 0 Å². The molecule has 1 rings (SSSR count). The lowest BCUT2D eigenvalue weighted by Crippen LogP contribution is -2.63. The third-order valence-corrected chi connectivity index (χ3v) is 4.43. The molecule has 0 bridgehead atoms. The molecular weight excluding hydrogens is 306 g/mol. The molecule has 0 spiro atoms. The summed E-state index contributed by atoms with van der Waals surface area (Å²) >= 11 is 0. The first-order valence-electron chi connectivity index (χ1n) is 8.34. The van der Waals surface area contributed by atoms with Crippen molar-refractivity contribution in [1.82, 2.24) is 4.90 Å². The molecule has 0 amide bonds. The van der Waals surface area contributed by atoms with Gasteiger partial charge in [0.2, 0.25) is 0 Å². The fourth-order valence-electron chi connectivity index (χ4n) is 3.52. The maximum atomic E-state index is 11.8. The van der Waals surface area contributed by atoms with Crippen LogP contribution in [0.15, 0.2) is 24.3 Å². The minimum absolute atomic E-state index is 0.145. The van der Waals surface area contributed by atoms with Crippen LogP contribution in [0, 0.1) is 0 Å². The van der Waals surface area contributed by atoms with Crippen LogP contribution in [0.25, 0.3) is 0 Å². The minimum atomic E-state index is -0.365. The Balaban J connectivity index is 2.75. The predicted octanol–water partition coefficient (Wildman–Crippen LogP) is 3.25. The summed E-state index contributed by atoms with van der Waals surface area (Å²) in [5, 5.41) is 0. The van der Waals surface area contributed by atoms with E-state index >= 15 is 0 Å². The third kappa shape index (κ3) is 5.20. The highest BCUT2D eigenvalue weighted by Crippen LogP contribution is 2.39. The van der Waals surface area contributed by atoms with E-state index in [0.29, 0.717) is 24.3 Å². The van der Waals surface area contributed by atoms with Gasteiger partial charge in [-0.2, -0.15) is 0 Å². The van der Waals surface area contributed by atoms with Gasteiger partial charge in [-0.1, -0.05) is 13.2 Å². The Morgan fingerprint density at radius 2 is 1.46 bits per heavy atom. The number of esters is 2. The van der Waals surface area contributed by atoms with Crippen molar-refractivity contribution in [2.75, 3.05) is 13.2 Å². The van der Waals surface area contributed by atoms with Crippen LogP contribution >= 0.6 is 0 Å². The number of piperidine rings is 1. The summed E-state index contributed by atoms with van der Waals surface area (Å²) in [5.74, 6) is -0.702.